The zero-order valence-corrected chi connectivity index (χ0v) is 27.4. The quantitative estimate of drug-likeness (QED) is 0.346. The molecule has 1 amide bonds. The molecule has 2 atom stereocenters. The van der Waals surface area contributed by atoms with Crippen LogP contribution >= 0.6 is 23.2 Å². The van der Waals surface area contributed by atoms with Crippen LogP contribution in [-0.4, -0.2) is 105 Å². The zero-order chi connectivity index (χ0) is 31.2. The summed E-state index contributed by atoms with van der Waals surface area (Å²) in [6.07, 6.45) is 6.76. The van der Waals surface area contributed by atoms with Gasteiger partial charge in [-0.1, -0.05) is 29.8 Å². The average molecular weight is 645 g/mol. The standard InChI is InChI=1S/C32H43Cl2N7O3/c1-5-27(43)39-9-7-22(8-10-39)41-20(2)28(29-24-16-35-36-26(24)14-25(33)30(29)34)31(37-41)40-11-6-21(15-32(40,3)4)17-38-12-13-44-23(18-38)19-42/h5,14,16,21-23,42H,1,6-13,15,17-19H2,2-4H3,(H,35,36)/t21-,23-/m1/s1. The molecule has 3 aliphatic heterocycles. The van der Waals surface area contributed by atoms with E-state index in [0.29, 0.717) is 35.7 Å². The van der Waals surface area contributed by atoms with Crippen LogP contribution in [0.2, 0.25) is 10.0 Å². The van der Waals surface area contributed by atoms with E-state index in [1.165, 1.54) is 6.08 Å². The number of carbonyl (C=O) groups excluding carboxylic acids is 1. The van der Waals surface area contributed by atoms with Crippen LogP contribution in [0.1, 0.15) is 51.3 Å². The van der Waals surface area contributed by atoms with Gasteiger partial charge in [-0.15, -0.1) is 0 Å². The number of aliphatic hydroxyl groups is 1. The van der Waals surface area contributed by atoms with E-state index < -0.39 is 0 Å². The van der Waals surface area contributed by atoms with Crippen LogP contribution in [0.25, 0.3) is 22.0 Å². The number of morpholine rings is 1. The normalized spacial score (nSPS) is 23.4. The highest BCUT2D eigenvalue weighted by Crippen LogP contribution is 2.48. The summed E-state index contributed by atoms with van der Waals surface area (Å²) in [6, 6.07) is 1.97. The highest BCUT2D eigenvalue weighted by atomic mass is 35.5. The number of halogens is 2. The highest BCUT2D eigenvalue weighted by Gasteiger charge is 2.40. The number of aromatic nitrogens is 4. The van der Waals surface area contributed by atoms with E-state index in [9.17, 15) is 9.90 Å². The fourth-order valence-corrected chi connectivity index (χ4v) is 8.04. The number of fused-ring (bicyclic) bond motifs is 1. The number of hydrogen-bond acceptors (Lipinski definition) is 7. The predicted molar refractivity (Wildman–Crippen MR) is 175 cm³/mol. The first-order chi connectivity index (χ1) is 21.1. The molecule has 0 saturated carbocycles. The third-order valence-electron chi connectivity index (χ3n) is 9.80. The molecule has 0 bridgehead atoms. The van der Waals surface area contributed by atoms with Crippen molar-refractivity contribution < 1.29 is 14.6 Å². The van der Waals surface area contributed by atoms with E-state index in [1.807, 2.05) is 17.2 Å². The van der Waals surface area contributed by atoms with Crippen LogP contribution in [-0.2, 0) is 9.53 Å². The van der Waals surface area contributed by atoms with Crippen molar-refractivity contribution in [1.82, 2.24) is 29.8 Å². The molecule has 0 radical (unpaired) electrons. The summed E-state index contributed by atoms with van der Waals surface area (Å²) in [7, 11) is 0. The minimum atomic E-state index is -0.174. The summed E-state index contributed by atoms with van der Waals surface area (Å²) < 4.78 is 7.85. The fourth-order valence-electron chi connectivity index (χ4n) is 7.58. The van der Waals surface area contributed by atoms with Gasteiger partial charge in [-0.3, -0.25) is 19.5 Å². The Morgan fingerprint density at radius 3 is 2.68 bits per heavy atom. The summed E-state index contributed by atoms with van der Waals surface area (Å²) >= 11 is 13.7. The molecule has 1 aromatic carbocycles. The molecule has 3 aliphatic rings. The topological polar surface area (TPSA) is 103 Å². The van der Waals surface area contributed by atoms with Crippen LogP contribution in [0.5, 0.6) is 0 Å². The smallest absolute Gasteiger partial charge is 0.245 e. The van der Waals surface area contributed by atoms with Gasteiger partial charge in [0.1, 0.15) is 0 Å². The minimum Gasteiger partial charge on any atom is -0.394 e. The van der Waals surface area contributed by atoms with E-state index >= 15 is 0 Å². The molecule has 3 aromatic rings. The van der Waals surface area contributed by atoms with Gasteiger partial charge in [0.25, 0.3) is 0 Å². The van der Waals surface area contributed by atoms with E-state index in [0.717, 1.165) is 85.4 Å². The molecular weight excluding hydrogens is 601 g/mol. The molecule has 5 heterocycles. The maximum atomic E-state index is 12.3. The van der Waals surface area contributed by atoms with E-state index in [1.54, 1.807) is 0 Å². The molecule has 0 spiro atoms. The zero-order valence-electron chi connectivity index (χ0n) is 25.9. The number of H-pyrrole nitrogens is 1. The second-order valence-electron chi connectivity index (χ2n) is 13.1. The molecule has 0 unspecified atom stereocenters. The Morgan fingerprint density at radius 2 is 1.98 bits per heavy atom. The second kappa shape index (κ2) is 12.6. The van der Waals surface area contributed by atoms with Crippen LogP contribution < -0.4 is 4.90 Å². The van der Waals surface area contributed by atoms with Crippen molar-refractivity contribution in [3.8, 4) is 11.1 Å². The number of carbonyl (C=O) groups is 1. The lowest BCUT2D eigenvalue weighted by molar-refractivity contribution is -0.127. The Balaban J connectivity index is 1.36. The molecule has 6 rings (SSSR count). The summed E-state index contributed by atoms with van der Waals surface area (Å²) in [6.45, 7) is 16.0. The lowest BCUT2D eigenvalue weighted by Crippen LogP contribution is -2.53. The van der Waals surface area contributed by atoms with Crippen LogP contribution in [0.3, 0.4) is 0 Å². The maximum Gasteiger partial charge on any atom is 0.245 e. The molecule has 10 nitrogen and oxygen atoms in total. The number of anilines is 1. The Kier molecular flexibility index (Phi) is 9.01. The molecule has 2 N–H and O–H groups in total. The Morgan fingerprint density at radius 1 is 1.20 bits per heavy atom. The SMILES string of the molecule is C=CC(=O)N1CCC(n2nc(N3CC[C@@H](CN4CCO[C@@H](CO)C4)CC3(C)C)c(-c3c(Cl)c(Cl)cc4[nH]ncc34)c2C)CC1. The number of piperidine rings is 2. The maximum absolute atomic E-state index is 12.3. The molecular formula is C32H43Cl2N7O3. The average Bonchev–Trinajstić information content (AvgIpc) is 3.61. The summed E-state index contributed by atoms with van der Waals surface area (Å²) in [5, 5.41) is 24.3. The number of aliphatic hydroxyl groups excluding tert-OH is 1. The van der Waals surface area contributed by atoms with Gasteiger partial charge >= 0.3 is 0 Å². The molecule has 44 heavy (non-hydrogen) atoms. The number of ether oxygens (including phenoxy) is 1. The van der Waals surface area contributed by atoms with E-state index in [2.05, 4.69) is 52.0 Å². The van der Waals surface area contributed by atoms with Gasteiger partial charge in [0.15, 0.2) is 5.82 Å². The third kappa shape index (κ3) is 5.87. The van der Waals surface area contributed by atoms with Crippen molar-refractivity contribution >= 4 is 45.8 Å². The van der Waals surface area contributed by atoms with Crippen LogP contribution in [0.15, 0.2) is 24.9 Å². The van der Waals surface area contributed by atoms with Crippen LogP contribution in [0.4, 0.5) is 5.82 Å². The first kappa shape index (κ1) is 31.4. The van der Waals surface area contributed by atoms with E-state index in [4.69, 9.17) is 33.0 Å². The molecule has 12 heteroatoms. The van der Waals surface area contributed by atoms with Crippen LogP contribution in [0, 0.1) is 12.8 Å². The number of benzene rings is 1. The third-order valence-corrected chi connectivity index (χ3v) is 10.6. The molecule has 238 valence electrons. The molecule has 2 aromatic heterocycles. The monoisotopic (exact) mass is 643 g/mol. The lowest BCUT2D eigenvalue weighted by atomic mass is 9.81. The lowest BCUT2D eigenvalue weighted by Gasteiger charge is -2.47. The Hall–Kier alpha value is -2.63. The fraction of sp³-hybridized carbons (Fsp3) is 0.594. The number of rotatable bonds is 7. The Labute approximate surface area is 268 Å². The summed E-state index contributed by atoms with van der Waals surface area (Å²) in [4.78, 5) is 19.0. The van der Waals surface area contributed by atoms with Gasteiger partial charge in [0, 0.05) is 67.0 Å². The summed E-state index contributed by atoms with van der Waals surface area (Å²) in [5.74, 6) is 1.41. The number of hydrogen-bond donors (Lipinski definition) is 2. The van der Waals surface area contributed by atoms with Gasteiger partial charge in [-0.25, -0.2) is 0 Å². The van der Waals surface area contributed by atoms with Gasteiger partial charge in [-0.05, 0) is 64.5 Å². The van der Waals surface area contributed by atoms with Crippen molar-refractivity contribution in [1.29, 1.82) is 0 Å². The second-order valence-corrected chi connectivity index (χ2v) is 13.9. The highest BCUT2D eigenvalue weighted by molar-refractivity contribution is 6.45. The van der Waals surface area contributed by atoms with Crippen molar-refractivity contribution in [2.24, 2.45) is 5.92 Å². The van der Waals surface area contributed by atoms with Crippen molar-refractivity contribution in [2.45, 2.75) is 64.1 Å². The largest absolute Gasteiger partial charge is 0.394 e. The first-order valence-electron chi connectivity index (χ1n) is 15.7. The predicted octanol–water partition coefficient (Wildman–Crippen LogP) is 5.08. The number of nitrogens with one attached hydrogen (secondary N) is 1. The first-order valence-corrected chi connectivity index (χ1v) is 16.4. The van der Waals surface area contributed by atoms with Crippen molar-refractivity contribution in [3.05, 3.63) is 40.7 Å². The van der Waals surface area contributed by atoms with Gasteiger partial charge in [-0.2, -0.15) is 10.2 Å². The molecule has 0 aliphatic carbocycles. The molecule has 3 saturated heterocycles. The van der Waals surface area contributed by atoms with Crippen molar-refractivity contribution in [2.75, 3.05) is 57.4 Å². The number of likely N-dealkylation sites (tertiary alicyclic amines) is 1. The number of aromatic amines is 1. The molecule has 3 fully saturated rings. The van der Waals surface area contributed by atoms with E-state index in [-0.39, 0.29) is 30.2 Å². The number of nitrogens with zero attached hydrogens (tertiary/aromatic N) is 6. The van der Waals surface area contributed by atoms with Gasteiger partial charge in [0.05, 0.1) is 47.1 Å². The summed E-state index contributed by atoms with van der Waals surface area (Å²) in [5.41, 5.74) is 3.52. The number of amides is 1. The Bertz CT molecular complexity index is 1530. The van der Waals surface area contributed by atoms with Gasteiger partial charge in [0.2, 0.25) is 5.91 Å². The van der Waals surface area contributed by atoms with Gasteiger partial charge < -0.3 is 19.6 Å². The minimum absolute atomic E-state index is 0.0244. The van der Waals surface area contributed by atoms with Crippen molar-refractivity contribution in [3.63, 3.8) is 0 Å².